The second kappa shape index (κ2) is 7.06. The van der Waals surface area contributed by atoms with Gasteiger partial charge in [0.2, 0.25) is 0 Å². The van der Waals surface area contributed by atoms with Gasteiger partial charge in [0.05, 0.1) is 18.3 Å². The number of aryl methyl sites for hydroxylation is 1. The summed E-state index contributed by atoms with van der Waals surface area (Å²) in [4.78, 5) is 25.7. The van der Waals surface area contributed by atoms with E-state index >= 15 is 0 Å². The first kappa shape index (κ1) is 18.5. The van der Waals surface area contributed by atoms with Crippen molar-refractivity contribution in [2.45, 2.75) is 13.5 Å². The highest BCUT2D eigenvalue weighted by molar-refractivity contribution is 6.97. The molecule has 4 aromatic rings. The summed E-state index contributed by atoms with van der Waals surface area (Å²) in [6, 6.07) is 18.8. The average Bonchev–Trinajstić information content (AvgIpc) is 3.40. The van der Waals surface area contributed by atoms with Gasteiger partial charge in [-0.15, -0.1) is 0 Å². The molecule has 2 aromatic heterocycles. The number of ketones is 2. The number of carbonyl (C=O) groups excluding carboxylic acids is 2. The van der Waals surface area contributed by atoms with Crippen LogP contribution in [0.25, 0.3) is 28.5 Å². The summed E-state index contributed by atoms with van der Waals surface area (Å²) < 4.78 is 8.09. The van der Waals surface area contributed by atoms with Gasteiger partial charge in [0.1, 0.15) is 5.76 Å². The molecule has 0 atom stereocenters. The predicted molar refractivity (Wildman–Crippen MR) is 120 cm³/mol. The molecule has 0 amide bonds. The smallest absolute Gasteiger partial charge is 0.197 e. The lowest BCUT2D eigenvalue weighted by Crippen LogP contribution is -2.15. The lowest BCUT2D eigenvalue weighted by molar-refractivity contribution is 0.0990. The van der Waals surface area contributed by atoms with Gasteiger partial charge < -0.3 is 8.98 Å². The van der Waals surface area contributed by atoms with Crippen LogP contribution < -0.4 is 5.46 Å². The maximum Gasteiger partial charge on any atom is 0.197 e. The van der Waals surface area contributed by atoms with Gasteiger partial charge in [-0.25, -0.2) is 0 Å². The van der Waals surface area contributed by atoms with Crippen molar-refractivity contribution in [2.24, 2.45) is 0 Å². The van der Waals surface area contributed by atoms with Gasteiger partial charge >= 0.3 is 0 Å². The van der Waals surface area contributed by atoms with Crippen molar-refractivity contribution in [1.82, 2.24) is 4.57 Å². The van der Waals surface area contributed by atoms with E-state index in [-0.39, 0.29) is 17.1 Å². The molecule has 3 radical (unpaired) electrons. The first-order valence-electron chi connectivity index (χ1n) is 9.79. The van der Waals surface area contributed by atoms with Crippen LogP contribution >= 0.6 is 0 Å². The van der Waals surface area contributed by atoms with Gasteiger partial charge in [-0.1, -0.05) is 54.0 Å². The first-order chi connectivity index (χ1) is 14.6. The van der Waals surface area contributed by atoms with Crippen molar-refractivity contribution in [3.05, 3.63) is 83.1 Å². The fourth-order valence-corrected chi connectivity index (χ4v) is 4.00. The quantitative estimate of drug-likeness (QED) is 0.304. The Morgan fingerprint density at radius 3 is 2.50 bits per heavy atom. The molecule has 1 aliphatic carbocycles. The minimum Gasteiger partial charge on any atom is -0.454 e. The van der Waals surface area contributed by atoms with Crippen LogP contribution in [0.5, 0.6) is 0 Å². The number of rotatable bonds is 4. The third-order valence-corrected chi connectivity index (χ3v) is 5.50. The standard InChI is InChI=1S/C24H16B2NO3/c1-2-27-16(12-22-20(27)13-21(30-22)14-6-4-3-5-7-14)11-19-23(28)17-9-8-15(26-25)10-18(17)24(19)29/h3-13H,2H2,1H3/b19-11-. The summed E-state index contributed by atoms with van der Waals surface area (Å²) in [5.74, 6) is 0.251. The molecule has 30 heavy (non-hydrogen) atoms. The SMILES string of the molecule is [B][B]c1ccc2c(c1)C(=O)/C(=C\c1cc3oc(-c4ccccc4)cc3n1CC)C2=O. The molecular formula is C24H16B2NO3. The Labute approximate surface area is 175 Å². The van der Waals surface area contributed by atoms with Crippen LogP contribution in [-0.2, 0) is 6.54 Å². The molecule has 5 rings (SSSR count). The van der Waals surface area contributed by atoms with Gasteiger partial charge in [0.15, 0.2) is 17.1 Å². The minimum absolute atomic E-state index is 0.164. The molecule has 0 N–H and O–H groups in total. The van der Waals surface area contributed by atoms with E-state index in [9.17, 15) is 9.59 Å². The average molecular weight is 388 g/mol. The number of Topliss-reactive ketones (excluding diaryl/α,β-unsaturated/α-hetero) is 2. The van der Waals surface area contributed by atoms with Crippen molar-refractivity contribution in [3.63, 3.8) is 0 Å². The van der Waals surface area contributed by atoms with Gasteiger partial charge in [0.25, 0.3) is 0 Å². The first-order valence-corrected chi connectivity index (χ1v) is 9.79. The third kappa shape index (κ3) is 2.79. The lowest BCUT2D eigenvalue weighted by atomic mass is 9.51. The van der Waals surface area contributed by atoms with Gasteiger partial charge in [-0.2, -0.15) is 0 Å². The topological polar surface area (TPSA) is 52.2 Å². The number of fused-ring (bicyclic) bond motifs is 2. The molecule has 2 aromatic carbocycles. The van der Waals surface area contributed by atoms with Crippen LogP contribution in [0.3, 0.4) is 0 Å². The zero-order valence-corrected chi connectivity index (χ0v) is 16.4. The Morgan fingerprint density at radius 2 is 1.77 bits per heavy atom. The van der Waals surface area contributed by atoms with E-state index in [1.54, 1.807) is 24.3 Å². The Kier molecular flexibility index (Phi) is 4.35. The lowest BCUT2D eigenvalue weighted by Gasteiger charge is -2.04. The number of hydrogen-bond acceptors (Lipinski definition) is 3. The Morgan fingerprint density at radius 1 is 1.00 bits per heavy atom. The molecule has 2 heterocycles. The summed E-state index contributed by atoms with van der Waals surface area (Å²) in [6.45, 7) is 2.70. The predicted octanol–water partition coefficient (Wildman–Crippen LogP) is 3.80. The summed E-state index contributed by atoms with van der Waals surface area (Å²) in [7, 11) is 6.97. The fraction of sp³-hybridized carbons (Fsp3) is 0.0833. The van der Waals surface area contributed by atoms with E-state index < -0.39 is 0 Å². The Hall–Kier alpha value is -3.53. The van der Waals surface area contributed by atoms with Crippen LogP contribution in [0.2, 0.25) is 0 Å². The van der Waals surface area contributed by atoms with Crippen LogP contribution in [0, 0.1) is 0 Å². The highest BCUT2D eigenvalue weighted by Crippen LogP contribution is 2.33. The molecule has 0 unspecified atom stereocenters. The normalized spacial score (nSPS) is 14.6. The van der Waals surface area contributed by atoms with E-state index in [0.29, 0.717) is 23.1 Å². The van der Waals surface area contributed by atoms with Gasteiger partial charge in [0, 0.05) is 48.8 Å². The van der Waals surface area contributed by atoms with Crippen molar-refractivity contribution in [1.29, 1.82) is 0 Å². The Balaban J connectivity index is 1.58. The molecule has 0 spiro atoms. The molecule has 4 nitrogen and oxygen atoms in total. The zero-order chi connectivity index (χ0) is 20.8. The summed E-state index contributed by atoms with van der Waals surface area (Å²) in [5, 5.41) is 0. The number of benzene rings is 2. The van der Waals surface area contributed by atoms with E-state index in [1.807, 2.05) is 54.0 Å². The number of hydrogen-bond donors (Lipinski definition) is 0. The molecule has 0 saturated heterocycles. The van der Waals surface area contributed by atoms with Crippen molar-refractivity contribution >= 4 is 49.1 Å². The number of allylic oxidation sites excluding steroid dienone is 1. The zero-order valence-electron chi connectivity index (χ0n) is 16.4. The monoisotopic (exact) mass is 388 g/mol. The second-order valence-electron chi connectivity index (χ2n) is 7.23. The number of aromatic nitrogens is 1. The van der Waals surface area contributed by atoms with Crippen LogP contribution in [-0.4, -0.2) is 31.0 Å². The number of carbonyl (C=O) groups is 2. The van der Waals surface area contributed by atoms with E-state index in [2.05, 4.69) is 0 Å². The highest BCUT2D eigenvalue weighted by Gasteiger charge is 2.33. The maximum absolute atomic E-state index is 12.9. The van der Waals surface area contributed by atoms with E-state index in [0.717, 1.165) is 28.1 Å². The van der Waals surface area contributed by atoms with E-state index in [1.165, 1.54) is 7.17 Å². The van der Waals surface area contributed by atoms with E-state index in [4.69, 9.17) is 12.2 Å². The van der Waals surface area contributed by atoms with Crippen molar-refractivity contribution < 1.29 is 14.0 Å². The minimum atomic E-state index is -0.274. The molecular weight excluding hydrogens is 372 g/mol. The summed E-state index contributed by atoms with van der Waals surface area (Å²) in [6.07, 6.45) is 1.66. The molecule has 0 fully saturated rings. The van der Waals surface area contributed by atoms with Crippen LogP contribution in [0.4, 0.5) is 0 Å². The molecule has 0 saturated carbocycles. The number of furan rings is 1. The molecule has 1 aliphatic rings. The molecule has 6 heteroatoms. The van der Waals surface area contributed by atoms with Gasteiger partial charge in [-0.05, 0) is 13.0 Å². The summed E-state index contributed by atoms with van der Waals surface area (Å²) in [5.41, 5.74) is 5.10. The largest absolute Gasteiger partial charge is 0.454 e. The maximum atomic E-state index is 12.9. The van der Waals surface area contributed by atoms with Crippen LogP contribution in [0.1, 0.15) is 33.3 Å². The van der Waals surface area contributed by atoms with Crippen molar-refractivity contribution in [3.8, 4) is 11.3 Å². The fourth-order valence-electron chi connectivity index (χ4n) is 4.00. The molecule has 141 valence electrons. The van der Waals surface area contributed by atoms with Crippen molar-refractivity contribution in [2.75, 3.05) is 0 Å². The molecule has 0 bridgehead atoms. The number of nitrogens with zero attached hydrogens (tertiary/aromatic N) is 1. The van der Waals surface area contributed by atoms with Gasteiger partial charge in [-0.3, -0.25) is 9.59 Å². The highest BCUT2D eigenvalue weighted by atomic mass is 16.3. The second-order valence-corrected chi connectivity index (χ2v) is 7.23. The third-order valence-electron chi connectivity index (χ3n) is 5.50. The summed E-state index contributed by atoms with van der Waals surface area (Å²) >= 11 is 0. The molecule has 0 aliphatic heterocycles. The van der Waals surface area contributed by atoms with Crippen LogP contribution in [0.15, 0.2) is 70.7 Å². The Bertz CT molecular complexity index is 1350.